The van der Waals surface area contributed by atoms with Crippen LogP contribution >= 0.6 is 0 Å². The number of aliphatic hydroxyl groups excluding tert-OH is 1. The van der Waals surface area contributed by atoms with Crippen molar-refractivity contribution in [2.24, 2.45) is 0 Å². The van der Waals surface area contributed by atoms with Crippen molar-refractivity contribution < 1.29 is 18.8 Å². The first-order valence-corrected chi connectivity index (χ1v) is 15.1. The molecule has 0 spiro atoms. The molecule has 38 heavy (non-hydrogen) atoms. The van der Waals surface area contributed by atoms with Gasteiger partial charge in [-0.15, -0.1) is 0 Å². The second kappa shape index (κ2) is 9.81. The Morgan fingerprint density at radius 1 is 1.18 bits per heavy atom. The van der Waals surface area contributed by atoms with Crippen molar-refractivity contribution in [2.75, 3.05) is 35.0 Å². The number of nitrogens with zero attached hydrogens (tertiary/aromatic N) is 3. The van der Waals surface area contributed by atoms with E-state index in [1.54, 1.807) is 0 Å². The molecule has 1 amide bonds. The van der Waals surface area contributed by atoms with E-state index in [0.29, 0.717) is 37.2 Å². The van der Waals surface area contributed by atoms with E-state index in [1.807, 2.05) is 69.0 Å². The highest BCUT2D eigenvalue weighted by atomic mass is 32.2. The number of fused-ring (bicyclic) bond motifs is 2. The summed E-state index contributed by atoms with van der Waals surface area (Å²) in [5.41, 5.74) is 1.88. The van der Waals surface area contributed by atoms with Crippen LogP contribution in [0.15, 0.2) is 47.4 Å². The first-order chi connectivity index (χ1) is 18.0. The van der Waals surface area contributed by atoms with Gasteiger partial charge in [0.25, 0.3) is 0 Å². The Labute approximate surface area is 224 Å². The third-order valence-electron chi connectivity index (χ3n) is 7.09. The molecule has 1 aliphatic carbocycles. The maximum atomic E-state index is 13.6. The molecule has 2 heterocycles. The predicted molar refractivity (Wildman–Crippen MR) is 151 cm³/mol. The largest absolute Gasteiger partial charge is 0.444 e. The molecule has 0 radical (unpaired) electrons. The molecule has 0 saturated heterocycles. The fourth-order valence-corrected chi connectivity index (χ4v) is 6.95. The van der Waals surface area contributed by atoms with Crippen molar-refractivity contribution in [3.8, 4) is 0 Å². The lowest BCUT2D eigenvalue weighted by Crippen LogP contribution is -2.44. The Kier molecular flexibility index (Phi) is 6.81. The fraction of sp³-hybridized carbons (Fsp3) is 0.464. The molecule has 204 valence electrons. The molecule has 10 heteroatoms. The van der Waals surface area contributed by atoms with Crippen LogP contribution in [0.2, 0.25) is 0 Å². The lowest BCUT2D eigenvalue weighted by atomic mass is 10.1. The monoisotopic (exact) mass is 539 g/mol. The van der Waals surface area contributed by atoms with Gasteiger partial charge in [-0.1, -0.05) is 39.8 Å². The number of aromatic nitrogens is 2. The highest BCUT2D eigenvalue weighted by Crippen LogP contribution is 2.37. The summed E-state index contributed by atoms with van der Waals surface area (Å²) >= 11 is 0. The number of hydrogen-bond donors (Lipinski definition) is 4. The molecule has 2 aromatic carbocycles. The molecule has 3 N–H and O–H groups in total. The minimum absolute atomic E-state index is 0.349. The average Bonchev–Trinajstić information content (AvgIpc) is 3.64. The molecule has 9 nitrogen and oxygen atoms in total. The van der Waals surface area contributed by atoms with Crippen LogP contribution in [-0.2, 0) is 21.2 Å². The van der Waals surface area contributed by atoms with E-state index >= 15 is 0 Å². The summed E-state index contributed by atoms with van der Waals surface area (Å²) in [5.74, 6) is 1.22. The summed E-state index contributed by atoms with van der Waals surface area (Å²) in [6.45, 7) is 9.05. The van der Waals surface area contributed by atoms with E-state index in [1.165, 1.54) is 0 Å². The van der Waals surface area contributed by atoms with Gasteiger partial charge in [0.1, 0.15) is 11.4 Å². The number of hydrogen-bond acceptors (Lipinski definition) is 8. The average molecular weight is 540 g/mol. The minimum Gasteiger partial charge on any atom is -0.444 e. The van der Waals surface area contributed by atoms with Crippen LogP contribution in [0.25, 0.3) is 10.9 Å². The molecule has 1 fully saturated rings. The first kappa shape index (κ1) is 26.4. The number of rotatable bonds is 6. The van der Waals surface area contributed by atoms with Crippen LogP contribution in [0.3, 0.4) is 0 Å². The molecule has 5 rings (SSSR count). The van der Waals surface area contributed by atoms with E-state index < -0.39 is 21.6 Å². The van der Waals surface area contributed by atoms with E-state index in [2.05, 4.69) is 16.7 Å². The molecule has 2 aliphatic rings. The highest BCUT2D eigenvalue weighted by Gasteiger charge is 2.45. The number of carbonyl (C=O) groups excluding carboxylic acids is 1. The van der Waals surface area contributed by atoms with Crippen molar-refractivity contribution in [3.05, 3.63) is 53.6 Å². The summed E-state index contributed by atoms with van der Waals surface area (Å²) in [6, 6.07) is 13.7. The maximum Gasteiger partial charge on any atom is 0.408 e. The Bertz CT molecular complexity index is 1420. The Morgan fingerprint density at radius 3 is 2.66 bits per heavy atom. The fourth-order valence-electron chi connectivity index (χ4n) is 4.82. The van der Waals surface area contributed by atoms with E-state index in [0.717, 1.165) is 39.8 Å². The Hall–Kier alpha value is -3.24. The van der Waals surface area contributed by atoms with Crippen LogP contribution in [0.4, 0.5) is 16.6 Å². The van der Waals surface area contributed by atoms with Crippen LogP contribution < -0.4 is 15.5 Å². The lowest BCUT2D eigenvalue weighted by molar-refractivity contribution is 0.0500. The second-order valence-electron chi connectivity index (χ2n) is 11.5. The zero-order valence-electron chi connectivity index (χ0n) is 22.5. The smallest absolute Gasteiger partial charge is 0.408 e. The van der Waals surface area contributed by atoms with Crippen LogP contribution in [0, 0.1) is 6.92 Å². The van der Waals surface area contributed by atoms with Gasteiger partial charge in [0.2, 0.25) is 5.95 Å². The molecular weight excluding hydrogens is 502 g/mol. The van der Waals surface area contributed by atoms with Gasteiger partial charge in [-0.25, -0.2) is 9.78 Å². The molecule has 3 aromatic rings. The standard InChI is InChI=1S/C28H37N5O4S/c1-19-9-10-22-21(15-19)24(29-17-28(11-12-28)32-26(35)37-27(2,3)4)31-25(30-22)33-13-14-38(36,18-34)23-8-6-5-7-20(23)16-33/h5-10,15,34,38H,11-14,16-18H2,1-4H3,(H,32,35)(H,29,30,31). The second-order valence-corrected chi connectivity index (χ2v) is 14.4. The third-order valence-corrected chi connectivity index (χ3v) is 9.78. The zero-order chi connectivity index (χ0) is 27.1. The number of amides is 1. The molecule has 0 unspecified atom stereocenters. The highest BCUT2D eigenvalue weighted by molar-refractivity contribution is 8.03. The summed E-state index contributed by atoms with van der Waals surface area (Å²) in [5, 5.41) is 17.4. The molecule has 1 saturated carbocycles. The number of ether oxygens (including phenoxy) is 1. The van der Waals surface area contributed by atoms with E-state index in [-0.39, 0.29) is 11.5 Å². The number of aryl methyl sites for hydroxylation is 1. The number of aliphatic hydroxyl groups is 1. The third kappa shape index (κ3) is 5.61. The number of benzene rings is 2. The summed E-state index contributed by atoms with van der Waals surface area (Å²) in [4.78, 5) is 25.0. The zero-order valence-corrected chi connectivity index (χ0v) is 23.3. The van der Waals surface area contributed by atoms with Crippen molar-refractivity contribution in [1.29, 1.82) is 0 Å². The summed E-state index contributed by atoms with van der Waals surface area (Å²) < 4.78 is 19.0. The van der Waals surface area contributed by atoms with Crippen molar-refractivity contribution in [3.63, 3.8) is 0 Å². The van der Waals surface area contributed by atoms with Crippen LogP contribution in [0.5, 0.6) is 0 Å². The molecule has 0 atom stereocenters. The molecule has 1 aromatic heterocycles. The minimum atomic E-state index is -2.92. The lowest BCUT2D eigenvalue weighted by Gasteiger charge is -2.25. The number of nitrogens with one attached hydrogen (secondary N) is 2. The van der Waals surface area contributed by atoms with Gasteiger partial charge in [-0.05, 0) is 64.3 Å². The van der Waals surface area contributed by atoms with Crippen molar-refractivity contribution >= 4 is 38.7 Å². The van der Waals surface area contributed by atoms with Crippen molar-refractivity contribution in [2.45, 2.75) is 63.1 Å². The summed E-state index contributed by atoms with van der Waals surface area (Å²) in [6.07, 6.45) is 1.29. The first-order valence-electron chi connectivity index (χ1n) is 13.1. The van der Waals surface area contributed by atoms with Gasteiger partial charge in [-0.3, -0.25) is 4.21 Å². The molecular formula is C28H37N5O4S. The van der Waals surface area contributed by atoms with Gasteiger partial charge in [0, 0.05) is 35.7 Å². The summed E-state index contributed by atoms with van der Waals surface area (Å²) in [7, 11) is -2.92. The number of anilines is 2. The predicted octanol–water partition coefficient (Wildman–Crippen LogP) is 3.75. The SMILES string of the molecule is Cc1ccc2nc(N3CC[SH](=O)(CO)c4ccccc4C3)nc(NCC3(NC(=O)OC(C)(C)C)CC3)c2c1. The Morgan fingerprint density at radius 2 is 1.95 bits per heavy atom. The van der Waals surface area contributed by atoms with Gasteiger partial charge < -0.3 is 25.4 Å². The van der Waals surface area contributed by atoms with Crippen molar-refractivity contribution in [1.82, 2.24) is 15.3 Å². The van der Waals surface area contributed by atoms with Crippen LogP contribution in [-0.4, -0.2) is 61.3 Å². The van der Waals surface area contributed by atoms with Gasteiger partial charge in [0.05, 0.1) is 17.0 Å². The van der Waals surface area contributed by atoms with E-state index in [9.17, 15) is 14.1 Å². The Balaban J connectivity index is 1.44. The van der Waals surface area contributed by atoms with Gasteiger partial charge in [0.15, 0.2) is 0 Å². The van der Waals surface area contributed by atoms with Gasteiger partial charge >= 0.3 is 6.09 Å². The number of thiol groups is 1. The number of alkyl carbamates (subject to hydrolysis) is 1. The normalized spacial score (nSPS) is 18.7. The number of carbonyl (C=O) groups is 1. The molecule has 0 bridgehead atoms. The van der Waals surface area contributed by atoms with E-state index in [4.69, 9.17) is 14.7 Å². The van der Waals surface area contributed by atoms with Gasteiger partial charge in [-0.2, -0.15) is 4.98 Å². The van der Waals surface area contributed by atoms with Crippen LogP contribution in [0.1, 0.15) is 44.7 Å². The molecule has 1 aliphatic heterocycles. The maximum absolute atomic E-state index is 13.6. The topological polar surface area (TPSA) is 117 Å². The quantitative estimate of drug-likeness (QED) is 0.350.